The third kappa shape index (κ3) is 5.51. The second-order valence-corrected chi connectivity index (χ2v) is 9.34. The van der Waals surface area contributed by atoms with Crippen molar-refractivity contribution in [2.45, 2.75) is 6.92 Å². The molecule has 0 unspecified atom stereocenters. The highest BCUT2D eigenvalue weighted by atomic mass is 32.1. The van der Waals surface area contributed by atoms with Crippen LogP contribution in [0.15, 0.2) is 121 Å². The summed E-state index contributed by atoms with van der Waals surface area (Å²) in [5.74, 6) is 0. The van der Waals surface area contributed by atoms with Gasteiger partial charge in [0.2, 0.25) is 0 Å². The Balaban J connectivity index is 1.46. The van der Waals surface area contributed by atoms with Crippen molar-refractivity contribution in [2.75, 3.05) is 4.90 Å². The highest BCUT2D eigenvalue weighted by Gasteiger charge is 2.16. The number of nitrogens with zero attached hydrogens (tertiary/aromatic N) is 1. The van der Waals surface area contributed by atoms with E-state index in [0.29, 0.717) is 0 Å². The lowest BCUT2D eigenvalue weighted by Crippen LogP contribution is -2.12. The smallest absolute Gasteiger partial charge is 0.0534 e. The molecule has 0 aliphatic carbocycles. The third-order valence-electron chi connectivity index (χ3n) is 5.92. The Kier molecular flexibility index (Phi) is 7.02. The van der Waals surface area contributed by atoms with Crippen molar-refractivity contribution in [3.63, 3.8) is 0 Å². The van der Waals surface area contributed by atoms with Crippen LogP contribution >= 0.6 is 11.3 Å². The van der Waals surface area contributed by atoms with Gasteiger partial charge in [0.15, 0.2) is 0 Å². The van der Waals surface area contributed by atoms with Gasteiger partial charge < -0.3 is 4.90 Å². The molecule has 5 rings (SSSR count). The second kappa shape index (κ2) is 10.9. The fraction of sp³-hybridized carbons (Fsp3) is 0.0303. The first-order chi connectivity index (χ1) is 17.3. The summed E-state index contributed by atoms with van der Waals surface area (Å²) >= 11 is 1.75. The van der Waals surface area contributed by atoms with Gasteiger partial charge in [-0.15, -0.1) is 11.3 Å². The third-order valence-corrected chi connectivity index (χ3v) is 6.76. The fourth-order valence-corrected chi connectivity index (χ4v) is 4.72. The summed E-state index contributed by atoms with van der Waals surface area (Å²) in [4.78, 5) is 3.61. The summed E-state index contributed by atoms with van der Waals surface area (Å²) in [6.45, 7) is 2.16. The number of hydrogen-bond donors (Lipinski definition) is 0. The van der Waals surface area contributed by atoms with Crippen molar-refractivity contribution in [3.8, 4) is 0 Å². The molecule has 0 fully saturated rings. The number of anilines is 3. The van der Waals surface area contributed by atoms with Crippen LogP contribution in [0.3, 0.4) is 0 Å². The van der Waals surface area contributed by atoms with Crippen molar-refractivity contribution in [1.82, 2.24) is 0 Å². The molecule has 0 amide bonds. The Morgan fingerprint density at radius 3 is 1.86 bits per heavy atom. The number of para-hydroxylation sites is 3. The van der Waals surface area contributed by atoms with Gasteiger partial charge in [-0.3, -0.25) is 0 Å². The van der Waals surface area contributed by atoms with E-state index in [4.69, 9.17) is 0 Å². The van der Waals surface area contributed by atoms with E-state index in [9.17, 15) is 0 Å². The van der Waals surface area contributed by atoms with Gasteiger partial charge in [-0.05, 0) is 71.0 Å². The van der Waals surface area contributed by atoms with E-state index < -0.39 is 0 Å². The summed E-state index contributed by atoms with van der Waals surface area (Å²) in [6.07, 6.45) is 8.72. The van der Waals surface area contributed by atoms with Crippen LogP contribution in [-0.2, 0) is 0 Å². The highest BCUT2D eigenvalue weighted by molar-refractivity contribution is 7.10. The van der Waals surface area contributed by atoms with Crippen LogP contribution in [0.4, 0.5) is 17.1 Å². The Hall–Kier alpha value is -4.14. The van der Waals surface area contributed by atoms with E-state index in [2.05, 4.69) is 157 Å². The average Bonchev–Trinajstić information content (AvgIpc) is 3.43. The molecular weight excluding hydrogens is 442 g/mol. The van der Waals surface area contributed by atoms with Crippen LogP contribution < -0.4 is 4.90 Å². The molecule has 0 saturated carbocycles. The van der Waals surface area contributed by atoms with Crippen molar-refractivity contribution < 1.29 is 0 Å². The van der Waals surface area contributed by atoms with E-state index >= 15 is 0 Å². The molecule has 0 radical (unpaired) electrons. The average molecular weight is 470 g/mol. The minimum Gasteiger partial charge on any atom is -0.310 e. The van der Waals surface area contributed by atoms with E-state index in [1.807, 2.05) is 0 Å². The summed E-state index contributed by atoms with van der Waals surface area (Å²) in [6, 6.07) is 40.6. The van der Waals surface area contributed by atoms with Gasteiger partial charge in [0.05, 0.1) is 5.69 Å². The van der Waals surface area contributed by atoms with Gasteiger partial charge in [-0.1, -0.05) is 103 Å². The highest BCUT2D eigenvalue weighted by Crippen LogP contribution is 2.38. The topological polar surface area (TPSA) is 3.24 Å². The van der Waals surface area contributed by atoms with E-state index in [0.717, 1.165) is 11.4 Å². The molecule has 0 N–H and O–H groups in total. The van der Waals surface area contributed by atoms with Crippen molar-refractivity contribution in [1.29, 1.82) is 0 Å². The van der Waals surface area contributed by atoms with Crippen molar-refractivity contribution in [3.05, 3.63) is 148 Å². The molecule has 0 spiro atoms. The Labute approximate surface area is 212 Å². The number of hydrogen-bond acceptors (Lipinski definition) is 2. The Morgan fingerprint density at radius 2 is 1.17 bits per heavy atom. The molecule has 2 heteroatoms. The fourth-order valence-electron chi connectivity index (χ4n) is 4.10. The molecule has 5 aromatic rings. The van der Waals surface area contributed by atoms with E-state index in [-0.39, 0.29) is 0 Å². The molecule has 0 atom stereocenters. The molecule has 0 aliphatic heterocycles. The number of benzene rings is 4. The van der Waals surface area contributed by atoms with Crippen LogP contribution in [0.2, 0.25) is 0 Å². The predicted molar refractivity (Wildman–Crippen MR) is 154 cm³/mol. The van der Waals surface area contributed by atoms with E-state index in [1.165, 1.54) is 32.8 Å². The lowest BCUT2D eigenvalue weighted by atomic mass is 10.1. The Bertz CT molecular complexity index is 1430. The molecule has 0 saturated heterocycles. The SMILES string of the molecule is Cc1ccccc1N(c1ccccc1)c1ccccc1/C=C/c1ccc(/C=C/c2cccs2)cc1. The predicted octanol–water partition coefficient (Wildman–Crippen LogP) is 9.87. The Morgan fingerprint density at radius 1 is 0.543 bits per heavy atom. The second-order valence-electron chi connectivity index (χ2n) is 8.37. The molecule has 0 aliphatic rings. The molecule has 4 aromatic carbocycles. The van der Waals surface area contributed by atoms with Gasteiger partial charge >= 0.3 is 0 Å². The summed E-state index contributed by atoms with van der Waals surface area (Å²) in [7, 11) is 0. The maximum absolute atomic E-state index is 2.34. The lowest BCUT2D eigenvalue weighted by Gasteiger charge is -2.28. The standard InChI is InChI=1S/C33H27NS/c1-26-10-5-7-15-32(26)34(30-12-3-2-4-13-30)33-16-8-6-11-29(33)23-21-27-17-19-28(20-18-27)22-24-31-14-9-25-35-31/h2-25H,1H3/b23-21+,24-22+. The van der Waals surface area contributed by atoms with Crippen LogP contribution in [0, 0.1) is 6.92 Å². The van der Waals surface area contributed by atoms with Crippen LogP contribution in [0.25, 0.3) is 24.3 Å². The summed E-state index contributed by atoms with van der Waals surface area (Å²) in [5.41, 5.74) is 8.26. The largest absolute Gasteiger partial charge is 0.310 e. The number of thiophene rings is 1. The van der Waals surface area contributed by atoms with Gasteiger partial charge in [0.25, 0.3) is 0 Å². The first kappa shape index (κ1) is 22.6. The minimum atomic E-state index is 1.14. The maximum Gasteiger partial charge on any atom is 0.0534 e. The maximum atomic E-state index is 2.34. The molecule has 1 heterocycles. The van der Waals surface area contributed by atoms with Crippen LogP contribution in [-0.4, -0.2) is 0 Å². The molecular formula is C33H27NS. The van der Waals surface area contributed by atoms with Crippen molar-refractivity contribution >= 4 is 52.7 Å². The summed E-state index contributed by atoms with van der Waals surface area (Å²) < 4.78 is 0. The van der Waals surface area contributed by atoms with Crippen molar-refractivity contribution in [2.24, 2.45) is 0 Å². The molecule has 0 bridgehead atoms. The van der Waals surface area contributed by atoms with Gasteiger partial charge in [-0.25, -0.2) is 0 Å². The zero-order valence-corrected chi connectivity index (χ0v) is 20.5. The zero-order chi connectivity index (χ0) is 23.9. The quantitative estimate of drug-likeness (QED) is 0.214. The lowest BCUT2D eigenvalue weighted by molar-refractivity contribution is 1.25. The molecule has 1 nitrogen and oxygen atoms in total. The molecule has 170 valence electrons. The first-order valence-corrected chi connectivity index (χ1v) is 12.7. The first-order valence-electron chi connectivity index (χ1n) is 11.8. The van der Waals surface area contributed by atoms with Gasteiger partial charge in [0.1, 0.15) is 0 Å². The van der Waals surface area contributed by atoms with Crippen LogP contribution in [0.5, 0.6) is 0 Å². The van der Waals surface area contributed by atoms with Crippen LogP contribution in [0.1, 0.15) is 27.1 Å². The van der Waals surface area contributed by atoms with Gasteiger partial charge in [-0.2, -0.15) is 0 Å². The normalized spacial score (nSPS) is 11.3. The molecule has 1 aromatic heterocycles. The zero-order valence-electron chi connectivity index (χ0n) is 19.7. The number of rotatable bonds is 7. The minimum absolute atomic E-state index is 1.14. The number of aryl methyl sites for hydroxylation is 1. The van der Waals surface area contributed by atoms with Gasteiger partial charge in [0, 0.05) is 16.3 Å². The summed E-state index contributed by atoms with van der Waals surface area (Å²) in [5, 5.41) is 2.10. The van der Waals surface area contributed by atoms with E-state index in [1.54, 1.807) is 11.3 Å². The molecule has 35 heavy (non-hydrogen) atoms. The monoisotopic (exact) mass is 469 g/mol.